The van der Waals surface area contributed by atoms with Crippen LogP contribution in [-0.4, -0.2) is 0 Å². The fraction of sp³-hybridized carbons (Fsp3) is 0.920. The van der Waals surface area contributed by atoms with Crippen LogP contribution in [-0.2, 0) is 0 Å². The van der Waals surface area contributed by atoms with Crippen molar-refractivity contribution in [1.82, 2.24) is 0 Å². The molecule has 144 valence electrons. The molecule has 3 fully saturated rings. The number of unbranched alkanes of at least 4 members (excludes halogenated alkanes) is 2. The summed E-state index contributed by atoms with van der Waals surface area (Å²) in [6, 6.07) is 0. The van der Waals surface area contributed by atoms with Crippen LogP contribution in [0.4, 0.5) is 0 Å². The molecule has 0 atom stereocenters. The maximum Gasteiger partial charge on any atom is -0.0233 e. The first kappa shape index (κ1) is 19.5. The summed E-state index contributed by atoms with van der Waals surface area (Å²) in [6.07, 6.45) is 30.8. The summed E-state index contributed by atoms with van der Waals surface area (Å²) in [5.74, 6) is 5.08. The molecule has 0 aliphatic heterocycles. The van der Waals surface area contributed by atoms with Gasteiger partial charge in [-0.3, -0.25) is 0 Å². The van der Waals surface area contributed by atoms with Gasteiger partial charge in [0.25, 0.3) is 0 Å². The number of hydrogen-bond donors (Lipinski definition) is 0. The zero-order valence-electron chi connectivity index (χ0n) is 17.1. The van der Waals surface area contributed by atoms with Gasteiger partial charge < -0.3 is 0 Å². The van der Waals surface area contributed by atoms with Crippen LogP contribution in [0.15, 0.2) is 12.2 Å². The van der Waals surface area contributed by atoms with Gasteiger partial charge in [0, 0.05) is 0 Å². The highest BCUT2D eigenvalue weighted by atomic mass is 14.3. The molecule has 3 aliphatic rings. The summed E-state index contributed by atoms with van der Waals surface area (Å²) in [5.41, 5.74) is 0. The highest BCUT2D eigenvalue weighted by molar-refractivity contribution is 4.96. The van der Waals surface area contributed by atoms with Gasteiger partial charge in [-0.05, 0) is 81.0 Å². The molecule has 0 aromatic heterocycles. The number of hydrogen-bond acceptors (Lipinski definition) is 0. The van der Waals surface area contributed by atoms with Crippen LogP contribution in [0, 0.1) is 29.6 Å². The third-order valence-electron chi connectivity index (χ3n) is 7.90. The Hall–Kier alpha value is -0.260. The van der Waals surface area contributed by atoms with Crippen LogP contribution >= 0.6 is 0 Å². The van der Waals surface area contributed by atoms with E-state index in [4.69, 9.17) is 0 Å². The first-order valence-electron chi connectivity index (χ1n) is 12.0. The van der Waals surface area contributed by atoms with E-state index in [1.54, 1.807) is 12.8 Å². The zero-order chi connectivity index (χ0) is 17.3. The Bertz CT molecular complexity index is 359. The van der Waals surface area contributed by atoms with Crippen molar-refractivity contribution in [3.05, 3.63) is 12.2 Å². The third-order valence-corrected chi connectivity index (χ3v) is 7.90. The van der Waals surface area contributed by atoms with E-state index in [9.17, 15) is 0 Å². The molecule has 0 N–H and O–H groups in total. The van der Waals surface area contributed by atoms with Crippen molar-refractivity contribution in [3.8, 4) is 0 Å². The van der Waals surface area contributed by atoms with Crippen LogP contribution < -0.4 is 0 Å². The Morgan fingerprint density at radius 3 is 1.76 bits per heavy atom. The van der Waals surface area contributed by atoms with Gasteiger partial charge in [-0.15, -0.1) is 0 Å². The molecule has 0 heterocycles. The van der Waals surface area contributed by atoms with E-state index in [-0.39, 0.29) is 0 Å². The second kappa shape index (κ2) is 10.8. The lowest BCUT2D eigenvalue weighted by Crippen LogP contribution is -2.23. The molecular weight excluding hydrogens is 300 g/mol. The predicted molar refractivity (Wildman–Crippen MR) is 111 cm³/mol. The fourth-order valence-corrected chi connectivity index (χ4v) is 6.08. The number of allylic oxidation sites excluding steroid dienone is 2. The quantitative estimate of drug-likeness (QED) is 0.322. The van der Waals surface area contributed by atoms with Gasteiger partial charge in [0.1, 0.15) is 0 Å². The third kappa shape index (κ3) is 6.44. The van der Waals surface area contributed by atoms with Crippen molar-refractivity contribution < 1.29 is 0 Å². The molecule has 0 radical (unpaired) electrons. The Kier molecular flexibility index (Phi) is 8.41. The van der Waals surface area contributed by atoms with Crippen molar-refractivity contribution >= 4 is 0 Å². The standard InChI is InChI=1S/C25H44/c1-2-3-5-8-21-11-13-22(14-12-21)15-16-23-17-19-25(20-18-23)24-9-6-4-7-10-24/h15-16,21-25H,2-14,17-20H2,1H3. The highest BCUT2D eigenvalue weighted by Crippen LogP contribution is 2.40. The molecule has 0 bridgehead atoms. The van der Waals surface area contributed by atoms with Crippen LogP contribution in [0.2, 0.25) is 0 Å². The fourth-order valence-electron chi connectivity index (χ4n) is 6.08. The first-order chi connectivity index (χ1) is 12.3. The summed E-state index contributed by atoms with van der Waals surface area (Å²) in [4.78, 5) is 0. The molecule has 3 saturated carbocycles. The summed E-state index contributed by atoms with van der Waals surface area (Å²) >= 11 is 0. The largest absolute Gasteiger partial charge is 0.0851 e. The zero-order valence-corrected chi connectivity index (χ0v) is 17.1. The Balaban J connectivity index is 1.31. The van der Waals surface area contributed by atoms with Crippen LogP contribution in [0.25, 0.3) is 0 Å². The SMILES string of the molecule is CCCCCC1CCC(C=CC2CCC(C3CCCCC3)CC2)CC1. The Morgan fingerprint density at radius 1 is 0.600 bits per heavy atom. The highest BCUT2D eigenvalue weighted by Gasteiger charge is 2.28. The second-order valence-corrected chi connectivity index (χ2v) is 9.73. The minimum absolute atomic E-state index is 0.915. The van der Waals surface area contributed by atoms with Crippen molar-refractivity contribution in [3.63, 3.8) is 0 Å². The molecule has 0 spiro atoms. The van der Waals surface area contributed by atoms with Gasteiger partial charge in [0.05, 0.1) is 0 Å². The Labute approximate surface area is 158 Å². The molecule has 25 heavy (non-hydrogen) atoms. The van der Waals surface area contributed by atoms with E-state index in [0.717, 1.165) is 29.6 Å². The van der Waals surface area contributed by atoms with Crippen LogP contribution in [0.5, 0.6) is 0 Å². The lowest BCUT2D eigenvalue weighted by atomic mass is 9.71. The minimum atomic E-state index is 0.915. The first-order valence-corrected chi connectivity index (χ1v) is 12.0. The van der Waals surface area contributed by atoms with Crippen molar-refractivity contribution in [2.45, 2.75) is 116 Å². The van der Waals surface area contributed by atoms with Gasteiger partial charge >= 0.3 is 0 Å². The van der Waals surface area contributed by atoms with E-state index in [0.29, 0.717) is 0 Å². The molecule has 0 saturated heterocycles. The van der Waals surface area contributed by atoms with Gasteiger partial charge in [-0.2, -0.15) is 0 Å². The van der Waals surface area contributed by atoms with E-state index in [1.165, 1.54) is 96.3 Å². The normalized spacial score (nSPS) is 35.2. The van der Waals surface area contributed by atoms with E-state index >= 15 is 0 Å². The molecule has 3 aliphatic carbocycles. The van der Waals surface area contributed by atoms with Gasteiger partial charge in [0.15, 0.2) is 0 Å². The summed E-state index contributed by atoms with van der Waals surface area (Å²) in [6.45, 7) is 2.32. The summed E-state index contributed by atoms with van der Waals surface area (Å²) < 4.78 is 0. The van der Waals surface area contributed by atoms with Crippen LogP contribution in [0.1, 0.15) is 116 Å². The van der Waals surface area contributed by atoms with Crippen molar-refractivity contribution in [2.24, 2.45) is 29.6 Å². The summed E-state index contributed by atoms with van der Waals surface area (Å²) in [7, 11) is 0. The van der Waals surface area contributed by atoms with Crippen molar-refractivity contribution in [2.75, 3.05) is 0 Å². The minimum Gasteiger partial charge on any atom is -0.0851 e. The van der Waals surface area contributed by atoms with Gasteiger partial charge in [0.2, 0.25) is 0 Å². The molecule has 0 amide bonds. The van der Waals surface area contributed by atoms with E-state index in [1.807, 2.05) is 0 Å². The lowest BCUT2D eigenvalue weighted by Gasteiger charge is -2.35. The molecule has 0 aromatic carbocycles. The Morgan fingerprint density at radius 2 is 1.16 bits per heavy atom. The van der Waals surface area contributed by atoms with Crippen LogP contribution in [0.3, 0.4) is 0 Å². The molecule has 0 aromatic rings. The number of rotatable bonds is 7. The lowest BCUT2D eigenvalue weighted by molar-refractivity contribution is 0.179. The van der Waals surface area contributed by atoms with E-state index < -0.39 is 0 Å². The average Bonchev–Trinajstić information content (AvgIpc) is 2.69. The molecule has 0 unspecified atom stereocenters. The average molecular weight is 345 g/mol. The topological polar surface area (TPSA) is 0 Å². The van der Waals surface area contributed by atoms with E-state index in [2.05, 4.69) is 19.1 Å². The van der Waals surface area contributed by atoms with Gasteiger partial charge in [-0.25, -0.2) is 0 Å². The predicted octanol–water partition coefficient (Wildman–Crippen LogP) is 8.32. The molecular formula is C25H44. The molecule has 0 heteroatoms. The maximum atomic E-state index is 2.65. The summed E-state index contributed by atoms with van der Waals surface area (Å²) in [5, 5.41) is 0. The molecule has 3 rings (SSSR count). The monoisotopic (exact) mass is 344 g/mol. The van der Waals surface area contributed by atoms with Crippen molar-refractivity contribution in [1.29, 1.82) is 0 Å². The second-order valence-electron chi connectivity index (χ2n) is 9.73. The smallest absolute Gasteiger partial charge is 0.0233 e. The molecule has 0 nitrogen and oxygen atoms in total. The van der Waals surface area contributed by atoms with Gasteiger partial charge in [-0.1, -0.05) is 76.9 Å². The maximum absolute atomic E-state index is 2.65.